The minimum atomic E-state index is -1.47. The number of hydrogen-bond donors (Lipinski definition) is 2. The van der Waals surface area contributed by atoms with E-state index in [0.717, 1.165) is 0 Å². The molecule has 2 N–H and O–H groups in total. The Balaban J connectivity index is 2.41. The Morgan fingerprint density at radius 1 is 1.80 bits per heavy atom. The van der Waals surface area contributed by atoms with Crippen LogP contribution in [-0.2, 0) is 14.3 Å². The number of hydrogen-bond acceptors (Lipinski definition) is 4. The largest absolute Gasteiger partial charge is 0.479 e. The molecule has 2 atom stereocenters. The third-order valence-electron chi connectivity index (χ3n) is 2.82. The van der Waals surface area contributed by atoms with Crippen LogP contribution in [0.15, 0.2) is 11.8 Å². The number of aliphatic hydroxyl groups excluding tert-OH is 1. The molecule has 0 bridgehead atoms. The van der Waals surface area contributed by atoms with Crippen LogP contribution in [0.25, 0.3) is 0 Å². The van der Waals surface area contributed by atoms with Crippen LogP contribution in [0.5, 0.6) is 0 Å². The second-order valence-corrected chi connectivity index (χ2v) is 3.67. The number of fused-ring (bicyclic) bond motifs is 1. The highest BCUT2D eigenvalue weighted by Crippen LogP contribution is 2.43. The van der Waals surface area contributed by atoms with Gasteiger partial charge in [-0.3, -0.25) is 9.69 Å². The van der Waals surface area contributed by atoms with Crippen LogP contribution < -0.4 is 0 Å². The van der Waals surface area contributed by atoms with Crippen molar-refractivity contribution < 1.29 is 24.5 Å². The Morgan fingerprint density at radius 2 is 2.47 bits per heavy atom. The molecule has 0 unspecified atom stereocenters. The Kier molecular flexibility index (Phi) is 1.97. The SMILES string of the molecule is C[C@]1(C(=O)O)/C(=C/CO)O[C@@H]2CC(=O)N21. The highest BCUT2D eigenvalue weighted by Gasteiger charge is 2.61. The lowest BCUT2D eigenvalue weighted by atomic mass is 9.94. The smallest absolute Gasteiger partial charge is 0.337 e. The molecular formula is C9H11NO5. The van der Waals surface area contributed by atoms with E-state index in [-0.39, 0.29) is 24.7 Å². The second-order valence-electron chi connectivity index (χ2n) is 3.67. The van der Waals surface area contributed by atoms with Crippen molar-refractivity contribution in [1.82, 2.24) is 4.90 Å². The molecule has 6 heteroatoms. The van der Waals surface area contributed by atoms with E-state index in [1.54, 1.807) is 0 Å². The van der Waals surface area contributed by atoms with E-state index in [2.05, 4.69) is 0 Å². The van der Waals surface area contributed by atoms with Gasteiger partial charge in [-0.1, -0.05) is 0 Å². The molecular weight excluding hydrogens is 202 g/mol. The van der Waals surface area contributed by atoms with Crippen LogP contribution in [0.1, 0.15) is 13.3 Å². The van der Waals surface area contributed by atoms with E-state index in [4.69, 9.17) is 14.9 Å². The van der Waals surface area contributed by atoms with Gasteiger partial charge >= 0.3 is 5.97 Å². The number of aliphatic carboxylic acids is 1. The van der Waals surface area contributed by atoms with Gasteiger partial charge in [-0.25, -0.2) is 4.79 Å². The van der Waals surface area contributed by atoms with Gasteiger partial charge in [0.2, 0.25) is 5.91 Å². The van der Waals surface area contributed by atoms with Gasteiger partial charge in [0.25, 0.3) is 0 Å². The number of carboxylic acids is 1. The predicted octanol–water partition coefficient (Wildman–Crippen LogP) is -0.706. The van der Waals surface area contributed by atoms with Crippen molar-refractivity contribution in [1.29, 1.82) is 0 Å². The summed E-state index contributed by atoms with van der Waals surface area (Å²) in [4.78, 5) is 23.6. The van der Waals surface area contributed by atoms with Crippen molar-refractivity contribution in [2.24, 2.45) is 0 Å². The van der Waals surface area contributed by atoms with E-state index in [9.17, 15) is 9.59 Å². The number of amides is 1. The van der Waals surface area contributed by atoms with Crippen molar-refractivity contribution in [3.05, 3.63) is 11.8 Å². The van der Waals surface area contributed by atoms with E-state index < -0.39 is 17.7 Å². The van der Waals surface area contributed by atoms with E-state index in [1.165, 1.54) is 17.9 Å². The summed E-state index contributed by atoms with van der Waals surface area (Å²) in [6.45, 7) is 1.08. The quantitative estimate of drug-likeness (QED) is 0.592. The molecule has 2 fully saturated rings. The molecule has 2 heterocycles. The van der Waals surface area contributed by atoms with Gasteiger partial charge in [-0.15, -0.1) is 0 Å². The van der Waals surface area contributed by atoms with Gasteiger partial charge in [0.1, 0.15) is 5.76 Å². The number of carboxylic acid groups (broad SMARTS) is 1. The van der Waals surface area contributed by atoms with Crippen LogP contribution in [0.2, 0.25) is 0 Å². The molecule has 2 aliphatic rings. The first-order chi connectivity index (χ1) is 7.01. The van der Waals surface area contributed by atoms with Crippen molar-refractivity contribution in [2.75, 3.05) is 6.61 Å². The van der Waals surface area contributed by atoms with Gasteiger partial charge in [0.05, 0.1) is 13.0 Å². The zero-order chi connectivity index (χ0) is 11.2. The Bertz CT molecular complexity index is 364. The highest BCUT2D eigenvalue weighted by molar-refractivity contribution is 5.94. The lowest BCUT2D eigenvalue weighted by molar-refractivity contribution is -0.169. The molecule has 2 rings (SSSR count). The maximum Gasteiger partial charge on any atom is 0.337 e. The van der Waals surface area contributed by atoms with Crippen LogP contribution >= 0.6 is 0 Å². The first kappa shape index (κ1) is 9.97. The maximum absolute atomic E-state index is 11.3. The fourth-order valence-electron chi connectivity index (χ4n) is 1.94. The zero-order valence-electron chi connectivity index (χ0n) is 8.14. The lowest BCUT2D eigenvalue weighted by Crippen LogP contribution is -2.61. The van der Waals surface area contributed by atoms with E-state index in [1.807, 2.05) is 0 Å². The molecule has 6 nitrogen and oxygen atoms in total. The molecule has 0 spiro atoms. The maximum atomic E-state index is 11.3. The summed E-state index contributed by atoms with van der Waals surface area (Å²) in [6, 6.07) is 0. The fourth-order valence-corrected chi connectivity index (χ4v) is 1.94. The summed E-state index contributed by atoms with van der Waals surface area (Å²) in [5, 5.41) is 17.9. The summed E-state index contributed by atoms with van der Waals surface area (Å²) < 4.78 is 5.27. The number of ether oxygens (including phenoxy) is 1. The van der Waals surface area contributed by atoms with E-state index in [0.29, 0.717) is 0 Å². The molecule has 1 amide bonds. The molecule has 0 radical (unpaired) electrons. The first-order valence-electron chi connectivity index (χ1n) is 4.55. The molecule has 0 aromatic carbocycles. The van der Waals surface area contributed by atoms with Crippen LogP contribution in [-0.4, -0.2) is 45.4 Å². The normalized spacial score (nSPS) is 36.1. The number of nitrogens with zero attached hydrogens (tertiary/aromatic N) is 1. The molecule has 0 saturated carbocycles. The Morgan fingerprint density at radius 3 is 2.93 bits per heavy atom. The molecule has 0 aromatic heterocycles. The van der Waals surface area contributed by atoms with E-state index >= 15 is 0 Å². The number of β-lactam (4-membered cyclic amide) rings is 1. The minimum Gasteiger partial charge on any atom is -0.479 e. The molecule has 82 valence electrons. The van der Waals surface area contributed by atoms with Crippen molar-refractivity contribution >= 4 is 11.9 Å². The number of carbonyl (C=O) groups excluding carboxylic acids is 1. The average Bonchev–Trinajstić information content (AvgIpc) is 2.36. The van der Waals surface area contributed by atoms with Crippen LogP contribution in [0.4, 0.5) is 0 Å². The molecule has 0 aromatic rings. The summed E-state index contributed by atoms with van der Waals surface area (Å²) in [7, 11) is 0. The Labute approximate surface area is 85.7 Å². The second kappa shape index (κ2) is 2.96. The minimum absolute atomic E-state index is 0.133. The molecule has 15 heavy (non-hydrogen) atoms. The third-order valence-corrected chi connectivity index (χ3v) is 2.82. The number of aliphatic hydroxyl groups is 1. The molecule has 2 saturated heterocycles. The molecule has 0 aliphatic carbocycles. The Hall–Kier alpha value is -1.56. The van der Waals surface area contributed by atoms with Crippen molar-refractivity contribution in [2.45, 2.75) is 25.1 Å². The third kappa shape index (κ3) is 1.08. The van der Waals surface area contributed by atoms with Crippen molar-refractivity contribution in [3.8, 4) is 0 Å². The van der Waals surface area contributed by atoms with Gasteiger partial charge in [-0.2, -0.15) is 0 Å². The monoisotopic (exact) mass is 213 g/mol. The van der Waals surface area contributed by atoms with Gasteiger partial charge in [0.15, 0.2) is 11.8 Å². The van der Waals surface area contributed by atoms with Crippen LogP contribution in [0.3, 0.4) is 0 Å². The predicted molar refractivity (Wildman–Crippen MR) is 47.5 cm³/mol. The average molecular weight is 213 g/mol. The van der Waals surface area contributed by atoms with Crippen molar-refractivity contribution in [3.63, 3.8) is 0 Å². The highest BCUT2D eigenvalue weighted by atomic mass is 16.5. The summed E-state index contributed by atoms with van der Waals surface area (Å²) in [6.07, 6.45) is 0.988. The summed E-state index contributed by atoms with van der Waals surface area (Å²) in [5.41, 5.74) is -1.47. The molecule has 2 aliphatic heterocycles. The van der Waals surface area contributed by atoms with Gasteiger partial charge in [-0.05, 0) is 13.0 Å². The number of carbonyl (C=O) groups is 2. The fraction of sp³-hybridized carbons (Fsp3) is 0.556. The standard InChI is InChI=1S/C9H11NO5/c1-9(8(13)14)5(2-3-11)15-7-4-6(12)10(7)9/h2,7,11H,3-4H2,1H3,(H,13,14)/b5-2-/t7-,9-/m1/s1. The summed E-state index contributed by atoms with van der Waals surface area (Å²) >= 11 is 0. The topological polar surface area (TPSA) is 87.1 Å². The number of rotatable bonds is 2. The first-order valence-corrected chi connectivity index (χ1v) is 4.55. The zero-order valence-corrected chi connectivity index (χ0v) is 8.14. The lowest BCUT2D eigenvalue weighted by Gasteiger charge is -2.38. The van der Waals surface area contributed by atoms with Gasteiger partial charge < -0.3 is 14.9 Å². The summed E-state index contributed by atoms with van der Waals surface area (Å²) in [5.74, 6) is -1.27. The van der Waals surface area contributed by atoms with Gasteiger partial charge in [0, 0.05) is 0 Å². The van der Waals surface area contributed by atoms with Crippen LogP contribution in [0, 0.1) is 0 Å².